The number of aromatic hydroxyl groups is 1. The molecule has 4 atom stereocenters. The third kappa shape index (κ3) is 6.51. The second kappa shape index (κ2) is 12.0. The monoisotopic (exact) mass is 562 g/mol. The number of sulfonamides is 1. The van der Waals surface area contributed by atoms with Crippen LogP contribution in [0.5, 0.6) is 11.5 Å². The zero-order chi connectivity index (χ0) is 29.0. The Morgan fingerprint density at radius 3 is 2.26 bits per heavy atom. The maximum absolute atomic E-state index is 13.4. The van der Waals surface area contributed by atoms with Gasteiger partial charge in [-0.2, -0.15) is 13.5 Å². The van der Waals surface area contributed by atoms with Crippen molar-refractivity contribution < 1.29 is 42.4 Å². The van der Waals surface area contributed by atoms with Gasteiger partial charge in [-0.25, -0.2) is 4.83 Å². The van der Waals surface area contributed by atoms with Crippen molar-refractivity contribution in [2.24, 2.45) is 16.9 Å². The molecule has 11 nitrogen and oxygen atoms in total. The zero-order valence-corrected chi connectivity index (χ0v) is 23.3. The van der Waals surface area contributed by atoms with Gasteiger partial charge in [0, 0.05) is 12.3 Å². The van der Waals surface area contributed by atoms with Crippen LogP contribution in [0.4, 0.5) is 0 Å². The maximum Gasteiger partial charge on any atom is 0.315 e. The van der Waals surface area contributed by atoms with Crippen LogP contribution in [0.1, 0.15) is 44.2 Å². The number of hydrogen-bond donors (Lipinski definition) is 3. The lowest BCUT2D eigenvalue weighted by atomic mass is 9.61. The van der Waals surface area contributed by atoms with Gasteiger partial charge in [-0.3, -0.25) is 9.59 Å². The number of methoxy groups -OCH3 is 1. The lowest BCUT2D eigenvalue weighted by Crippen LogP contribution is -2.55. The fraction of sp³-hybridized carbons (Fsp3) is 0.444. The Hall–Kier alpha value is -3.64. The predicted molar refractivity (Wildman–Crippen MR) is 142 cm³/mol. The molecule has 1 saturated carbocycles. The Morgan fingerprint density at radius 2 is 1.69 bits per heavy atom. The minimum atomic E-state index is -4.13. The molecule has 0 amide bonds. The van der Waals surface area contributed by atoms with Gasteiger partial charge in [0.05, 0.1) is 42.4 Å². The molecule has 212 valence electrons. The minimum Gasteiger partial charge on any atom is -0.504 e. The van der Waals surface area contributed by atoms with E-state index in [4.69, 9.17) is 14.2 Å². The molecule has 2 aromatic carbocycles. The number of nitrogens with zero attached hydrogens (tertiary/aromatic N) is 1. The van der Waals surface area contributed by atoms with Gasteiger partial charge in [0.2, 0.25) is 0 Å². The van der Waals surface area contributed by atoms with Crippen molar-refractivity contribution in [3.05, 3.63) is 53.6 Å². The van der Waals surface area contributed by atoms with E-state index in [0.29, 0.717) is 5.56 Å². The van der Waals surface area contributed by atoms with Gasteiger partial charge in [0.1, 0.15) is 5.92 Å². The number of aliphatic hydroxyl groups is 1. The summed E-state index contributed by atoms with van der Waals surface area (Å²) in [4.78, 5) is 28.7. The number of rotatable bonds is 9. The normalized spacial score (nSPS) is 24.2. The first kappa shape index (κ1) is 29.9. The number of phenols is 1. The summed E-state index contributed by atoms with van der Waals surface area (Å²) in [6.45, 7) is 6.43. The number of esters is 2. The molecule has 0 aromatic heterocycles. The number of hydrogen-bond acceptors (Lipinski definition) is 10. The molecule has 1 fully saturated rings. The average Bonchev–Trinajstić information content (AvgIpc) is 2.87. The summed E-state index contributed by atoms with van der Waals surface area (Å²) in [7, 11) is -2.76. The molecular formula is C27H34N2O9S. The summed E-state index contributed by atoms with van der Waals surface area (Å²) in [6, 6.07) is 10.4. The van der Waals surface area contributed by atoms with Crippen LogP contribution in [0.25, 0.3) is 0 Å². The van der Waals surface area contributed by atoms with E-state index in [9.17, 15) is 28.2 Å². The van der Waals surface area contributed by atoms with E-state index in [1.807, 2.05) is 6.92 Å². The average molecular weight is 563 g/mol. The molecule has 0 aliphatic heterocycles. The Labute approximate surface area is 227 Å². The molecule has 0 heterocycles. The summed E-state index contributed by atoms with van der Waals surface area (Å²) < 4.78 is 41.6. The maximum atomic E-state index is 13.4. The van der Waals surface area contributed by atoms with E-state index in [1.54, 1.807) is 26.0 Å². The van der Waals surface area contributed by atoms with Gasteiger partial charge in [-0.1, -0.05) is 23.8 Å². The first-order valence-corrected chi connectivity index (χ1v) is 13.9. The highest BCUT2D eigenvalue weighted by Crippen LogP contribution is 2.48. The van der Waals surface area contributed by atoms with Gasteiger partial charge < -0.3 is 24.4 Å². The van der Waals surface area contributed by atoms with Crippen LogP contribution in [-0.4, -0.2) is 62.2 Å². The van der Waals surface area contributed by atoms with E-state index in [-0.39, 0.29) is 41.7 Å². The second-order valence-electron chi connectivity index (χ2n) is 9.46. The number of phenolic OH excluding ortho intramolecular Hbond substituents is 1. The lowest BCUT2D eigenvalue weighted by molar-refractivity contribution is -0.163. The number of carbonyl (C=O) groups is 2. The van der Waals surface area contributed by atoms with Crippen LogP contribution in [-0.2, 0) is 29.1 Å². The highest BCUT2D eigenvalue weighted by molar-refractivity contribution is 7.89. The SMILES string of the molecule is CCOC(=O)[C@@H]1/C(=N\NS(=O)(=O)c2ccc(C)cc2)C[C@](C)(O)[C@H](C(=O)OCC)[C@H]1c1ccc(OC)c(O)c1. The molecule has 1 aliphatic carbocycles. The predicted octanol–water partition coefficient (Wildman–Crippen LogP) is 2.64. The van der Waals surface area contributed by atoms with Crippen LogP contribution in [0.3, 0.4) is 0 Å². The first-order valence-electron chi connectivity index (χ1n) is 12.4. The van der Waals surface area contributed by atoms with E-state index >= 15 is 0 Å². The highest BCUT2D eigenvalue weighted by Gasteiger charge is 2.56. The van der Waals surface area contributed by atoms with E-state index in [1.165, 1.54) is 44.4 Å². The zero-order valence-electron chi connectivity index (χ0n) is 22.5. The molecule has 0 unspecified atom stereocenters. The largest absolute Gasteiger partial charge is 0.504 e. The summed E-state index contributed by atoms with van der Waals surface area (Å²) in [5.41, 5.74) is -0.709. The number of ether oxygens (including phenoxy) is 3. The van der Waals surface area contributed by atoms with Crippen LogP contribution in [0.2, 0.25) is 0 Å². The van der Waals surface area contributed by atoms with E-state index in [2.05, 4.69) is 9.93 Å². The summed E-state index contributed by atoms with van der Waals surface area (Å²) in [6.07, 6.45) is -0.338. The van der Waals surface area contributed by atoms with Crippen LogP contribution in [0.15, 0.2) is 52.5 Å². The fourth-order valence-electron chi connectivity index (χ4n) is 4.82. The summed E-state index contributed by atoms with van der Waals surface area (Å²) in [5.74, 6) is -5.37. The molecule has 3 rings (SSSR count). The van der Waals surface area contributed by atoms with Crippen molar-refractivity contribution in [3.8, 4) is 11.5 Å². The number of nitrogens with one attached hydrogen (secondary N) is 1. The Balaban J connectivity index is 2.19. The van der Waals surface area contributed by atoms with E-state index in [0.717, 1.165) is 5.56 Å². The molecule has 1 aliphatic rings. The van der Waals surface area contributed by atoms with Gasteiger partial charge in [0.25, 0.3) is 10.0 Å². The van der Waals surface area contributed by atoms with Crippen LogP contribution >= 0.6 is 0 Å². The van der Waals surface area contributed by atoms with Gasteiger partial charge in [0.15, 0.2) is 11.5 Å². The van der Waals surface area contributed by atoms with E-state index < -0.39 is 45.3 Å². The molecule has 3 N–H and O–H groups in total. The molecular weight excluding hydrogens is 528 g/mol. The molecule has 12 heteroatoms. The van der Waals surface area contributed by atoms with Crippen LogP contribution < -0.4 is 9.57 Å². The van der Waals surface area contributed by atoms with Gasteiger partial charge in [-0.15, -0.1) is 0 Å². The smallest absolute Gasteiger partial charge is 0.315 e. The minimum absolute atomic E-state index is 0.00123. The topological polar surface area (TPSA) is 161 Å². The first-order chi connectivity index (χ1) is 18.4. The standard InChI is InChI=1S/C27H34N2O9S/c1-6-37-25(31)23-19(28-29-39(34,35)18-11-8-16(3)9-12-18)15-27(4,33)24(26(32)38-7-2)22(23)17-10-13-21(36-5)20(30)14-17/h8-14,22-24,29-30,33H,6-7,15H2,1-5H3/b28-19-/t22-,23+,24-,27-/m0/s1. The lowest BCUT2D eigenvalue weighted by Gasteiger charge is -2.45. The summed E-state index contributed by atoms with van der Waals surface area (Å²) in [5, 5.41) is 26.1. The number of hydrazone groups is 1. The number of carbonyl (C=O) groups excluding carboxylic acids is 2. The van der Waals surface area contributed by atoms with Gasteiger partial charge >= 0.3 is 11.9 Å². The van der Waals surface area contributed by atoms with Crippen molar-refractivity contribution >= 4 is 27.7 Å². The highest BCUT2D eigenvalue weighted by atomic mass is 32.2. The van der Waals surface area contributed by atoms with Gasteiger partial charge in [-0.05, 0) is 57.5 Å². The Kier molecular flexibility index (Phi) is 9.23. The molecule has 39 heavy (non-hydrogen) atoms. The molecule has 0 bridgehead atoms. The summed E-state index contributed by atoms with van der Waals surface area (Å²) >= 11 is 0. The molecule has 2 aromatic rings. The van der Waals surface area contributed by atoms with Crippen LogP contribution in [0, 0.1) is 18.8 Å². The third-order valence-corrected chi connectivity index (χ3v) is 7.82. The fourth-order valence-corrected chi connectivity index (χ4v) is 5.65. The van der Waals surface area contributed by atoms with Crippen molar-refractivity contribution in [1.82, 2.24) is 4.83 Å². The molecule has 0 radical (unpaired) electrons. The third-order valence-electron chi connectivity index (χ3n) is 6.60. The number of benzene rings is 2. The van der Waals surface area contributed by atoms with Crippen molar-refractivity contribution in [3.63, 3.8) is 0 Å². The molecule has 0 saturated heterocycles. The Morgan fingerprint density at radius 1 is 1.08 bits per heavy atom. The second-order valence-corrected chi connectivity index (χ2v) is 11.1. The molecule has 0 spiro atoms. The Bertz CT molecular complexity index is 1340. The van der Waals surface area contributed by atoms with Crippen molar-refractivity contribution in [1.29, 1.82) is 0 Å². The van der Waals surface area contributed by atoms with Crippen molar-refractivity contribution in [2.75, 3.05) is 20.3 Å². The number of aryl methyl sites for hydroxylation is 1. The van der Waals surface area contributed by atoms with Crippen molar-refractivity contribution in [2.45, 2.75) is 50.5 Å². The quantitative estimate of drug-likeness (QED) is 0.308.